The summed E-state index contributed by atoms with van der Waals surface area (Å²) in [6, 6.07) is 10.7. The van der Waals surface area contributed by atoms with Crippen molar-refractivity contribution in [2.75, 3.05) is 6.54 Å². The second-order valence-electron chi connectivity index (χ2n) is 5.00. The molecule has 0 amide bonds. The Morgan fingerprint density at radius 1 is 1.10 bits per heavy atom. The summed E-state index contributed by atoms with van der Waals surface area (Å²) in [5, 5.41) is 3.88. The second-order valence-corrected chi connectivity index (χ2v) is 5.44. The molecule has 1 nitrogen and oxygen atoms in total. The Morgan fingerprint density at radius 3 is 2.50 bits per heavy atom. The molecule has 0 spiro atoms. The van der Waals surface area contributed by atoms with E-state index in [0.717, 1.165) is 12.1 Å². The second kappa shape index (κ2) is 6.38. The lowest BCUT2D eigenvalue weighted by Crippen LogP contribution is -2.23. The molecule has 0 radical (unpaired) electrons. The van der Waals surface area contributed by atoms with Crippen LogP contribution < -0.4 is 5.32 Å². The van der Waals surface area contributed by atoms with Crippen LogP contribution in [0, 0.1) is 19.7 Å². The van der Waals surface area contributed by atoms with Crippen molar-refractivity contribution < 1.29 is 4.39 Å². The van der Waals surface area contributed by atoms with Gasteiger partial charge in [-0.25, -0.2) is 4.39 Å². The smallest absolute Gasteiger partial charge is 0.128 e. The van der Waals surface area contributed by atoms with E-state index in [4.69, 9.17) is 11.6 Å². The van der Waals surface area contributed by atoms with Gasteiger partial charge in [0.15, 0.2) is 0 Å². The molecule has 106 valence electrons. The summed E-state index contributed by atoms with van der Waals surface area (Å²) in [6.45, 7) is 6.90. The van der Waals surface area contributed by atoms with Crippen molar-refractivity contribution in [2.24, 2.45) is 0 Å². The summed E-state index contributed by atoms with van der Waals surface area (Å²) >= 11 is 6.01. The lowest BCUT2D eigenvalue weighted by atomic mass is 9.95. The van der Waals surface area contributed by atoms with Crippen LogP contribution in [0.3, 0.4) is 0 Å². The molecule has 0 aromatic heterocycles. The molecule has 0 bridgehead atoms. The van der Waals surface area contributed by atoms with E-state index < -0.39 is 0 Å². The first kappa shape index (κ1) is 15.0. The van der Waals surface area contributed by atoms with Crippen LogP contribution in [-0.2, 0) is 0 Å². The molecular formula is C17H19ClFN. The molecule has 0 fully saturated rings. The highest BCUT2D eigenvalue weighted by Gasteiger charge is 2.17. The highest BCUT2D eigenvalue weighted by molar-refractivity contribution is 6.30. The van der Waals surface area contributed by atoms with Crippen molar-refractivity contribution in [1.29, 1.82) is 0 Å². The molecule has 1 unspecified atom stereocenters. The van der Waals surface area contributed by atoms with Crippen LogP contribution >= 0.6 is 11.6 Å². The SMILES string of the molecule is CCNC(c1ccc(C)c(C)c1)c1cc(Cl)ccc1F. The molecule has 2 aromatic carbocycles. The molecular weight excluding hydrogens is 273 g/mol. The fraction of sp³-hybridized carbons (Fsp3) is 0.294. The van der Waals surface area contributed by atoms with Crippen LogP contribution in [0.5, 0.6) is 0 Å². The maximum Gasteiger partial charge on any atom is 0.128 e. The number of hydrogen-bond donors (Lipinski definition) is 1. The van der Waals surface area contributed by atoms with Gasteiger partial charge >= 0.3 is 0 Å². The largest absolute Gasteiger partial charge is 0.306 e. The fourth-order valence-corrected chi connectivity index (χ4v) is 2.47. The number of aryl methyl sites for hydroxylation is 2. The van der Waals surface area contributed by atoms with Gasteiger partial charge in [-0.3, -0.25) is 0 Å². The fourth-order valence-electron chi connectivity index (χ4n) is 2.29. The predicted molar refractivity (Wildman–Crippen MR) is 82.8 cm³/mol. The summed E-state index contributed by atoms with van der Waals surface area (Å²) in [4.78, 5) is 0. The van der Waals surface area contributed by atoms with E-state index in [1.54, 1.807) is 12.1 Å². The highest BCUT2D eigenvalue weighted by atomic mass is 35.5. The molecule has 20 heavy (non-hydrogen) atoms. The van der Waals surface area contributed by atoms with Crippen LogP contribution in [0.4, 0.5) is 4.39 Å². The minimum atomic E-state index is -0.237. The molecule has 1 N–H and O–H groups in total. The van der Waals surface area contributed by atoms with Crippen molar-refractivity contribution in [3.05, 3.63) is 69.5 Å². The molecule has 2 aromatic rings. The van der Waals surface area contributed by atoms with Gasteiger partial charge in [0.25, 0.3) is 0 Å². The predicted octanol–water partition coefficient (Wildman–Crippen LogP) is 4.79. The zero-order chi connectivity index (χ0) is 14.7. The monoisotopic (exact) mass is 291 g/mol. The summed E-state index contributed by atoms with van der Waals surface area (Å²) in [5.41, 5.74) is 4.07. The van der Waals surface area contributed by atoms with Crippen LogP contribution in [0.2, 0.25) is 5.02 Å². The van der Waals surface area contributed by atoms with Gasteiger partial charge in [-0.15, -0.1) is 0 Å². The normalized spacial score (nSPS) is 12.4. The molecule has 0 heterocycles. The third-order valence-corrected chi connectivity index (χ3v) is 3.78. The van der Waals surface area contributed by atoms with Gasteiger partial charge in [-0.05, 0) is 55.3 Å². The van der Waals surface area contributed by atoms with Gasteiger partial charge in [0.2, 0.25) is 0 Å². The minimum absolute atomic E-state index is 0.182. The first-order valence-corrected chi connectivity index (χ1v) is 7.16. The summed E-state index contributed by atoms with van der Waals surface area (Å²) in [5.74, 6) is -0.237. The Balaban J connectivity index is 2.49. The average molecular weight is 292 g/mol. The number of benzene rings is 2. The van der Waals surface area contributed by atoms with Crippen molar-refractivity contribution in [3.63, 3.8) is 0 Å². The molecule has 0 saturated carbocycles. The molecule has 0 saturated heterocycles. The first-order chi connectivity index (χ1) is 9.52. The minimum Gasteiger partial charge on any atom is -0.306 e. The van der Waals surface area contributed by atoms with Crippen LogP contribution in [0.15, 0.2) is 36.4 Å². The number of rotatable bonds is 4. The highest BCUT2D eigenvalue weighted by Crippen LogP contribution is 2.28. The van der Waals surface area contributed by atoms with Gasteiger partial charge in [0, 0.05) is 10.6 Å². The maximum absolute atomic E-state index is 14.1. The lowest BCUT2D eigenvalue weighted by Gasteiger charge is -2.21. The Labute approximate surface area is 124 Å². The zero-order valence-electron chi connectivity index (χ0n) is 12.0. The van der Waals surface area contributed by atoms with E-state index in [-0.39, 0.29) is 11.9 Å². The molecule has 0 aliphatic heterocycles. The maximum atomic E-state index is 14.1. The molecule has 3 heteroatoms. The Bertz CT molecular complexity index is 610. The van der Waals surface area contributed by atoms with Crippen LogP contribution in [-0.4, -0.2) is 6.54 Å². The van der Waals surface area contributed by atoms with E-state index in [2.05, 4.69) is 31.3 Å². The average Bonchev–Trinajstić information content (AvgIpc) is 2.42. The Morgan fingerprint density at radius 2 is 1.85 bits per heavy atom. The Hall–Kier alpha value is -1.38. The van der Waals surface area contributed by atoms with Crippen molar-refractivity contribution >= 4 is 11.6 Å². The first-order valence-electron chi connectivity index (χ1n) is 6.78. The van der Waals surface area contributed by atoms with Gasteiger partial charge < -0.3 is 5.32 Å². The van der Waals surface area contributed by atoms with Gasteiger partial charge in [0.05, 0.1) is 6.04 Å². The summed E-state index contributed by atoms with van der Waals surface area (Å²) < 4.78 is 14.1. The molecule has 2 rings (SSSR count). The van der Waals surface area contributed by atoms with Gasteiger partial charge in [0.1, 0.15) is 5.82 Å². The molecule has 1 atom stereocenters. The topological polar surface area (TPSA) is 12.0 Å². The lowest BCUT2D eigenvalue weighted by molar-refractivity contribution is 0.559. The third-order valence-electron chi connectivity index (χ3n) is 3.54. The van der Waals surface area contributed by atoms with Crippen LogP contribution in [0.1, 0.15) is 35.2 Å². The standard InChI is InChI=1S/C17H19ClFN/c1-4-20-17(13-6-5-11(2)12(3)9-13)15-10-14(18)7-8-16(15)19/h5-10,17,20H,4H2,1-3H3. The van der Waals surface area contributed by atoms with Crippen LogP contribution in [0.25, 0.3) is 0 Å². The number of hydrogen-bond acceptors (Lipinski definition) is 1. The van der Waals surface area contributed by atoms with Crippen molar-refractivity contribution in [2.45, 2.75) is 26.8 Å². The third kappa shape index (κ3) is 3.20. The molecule has 0 aliphatic carbocycles. The Kier molecular flexibility index (Phi) is 4.79. The van der Waals surface area contributed by atoms with Crippen molar-refractivity contribution in [3.8, 4) is 0 Å². The van der Waals surface area contributed by atoms with Gasteiger partial charge in [-0.1, -0.05) is 36.7 Å². The van der Waals surface area contributed by atoms with Gasteiger partial charge in [-0.2, -0.15) is 0 Å². The molecule has 0 aliphatic rings. The number of nitrogens with one attached hydrogen (secondary N) is 1. The quantitative estimate of drug-likeness (QED) is 0.853. The van der Waals surface area contributed by atoms with E-state index >= 15 is 0 Å². The van der Waals surface area contributed by atoms with E-state index in [1.165, 1.54) is 17.2 Å². The van der Waals surface area contributed by atoms with E-state index in [1.807, 2.05) is 13.0 Å². The summed E-state index contributed by atoms with van der Waals surface area (Å²) in [6.07, 6.45) is 0. The zero-order valence-corrected chi connectivity index (χ0v) is 12.8. The van der Waals surface area contributed by atoms with Crippen molar-refractivity contribution in [1.82, 2.24) is 5.32 Å². The van der Waals surface area contributed by atoms with E-state index in [9.17, 15) is 4.39 Å². The van der Waals surface area contributed by atoms with E-state index in [0.29, 0.717) is 10.6 Å². The number of halogens is 2. The summed E-state index contributed by atoms with van der Waals surface area (Å²) in [7, 11) is 0.